The molecule has 1 atom stereocenters. The van der Waals surface area contributed by atoms with Crippen LogP contribution in [0.25, 0.3) is 10.8 Å². The average molecular weight is 380 g/mol. The first kappa shape index (κ1) is 14.9. The Bertz CT molecular complexity index is 811. The molecule has 21 heavy (non-hydrogen) atoms. The second kappa shape index (κ2) is 6.00. The van der Waals surface area contributed by atoms with Gasteiger partial charge in [0.2, 0.25) is 0 Å². The van der Waals surface area contributed by atoms with Gasteiger partial charge < -0.3 is 0 Å². The van der Waals surface area contributed by atoms with E-state index in [-0.39, 0.29) is 5.38 Å². The molecule has 0 radical (unpaired) electrons. The number of hydrogen-bond acceptors (Lipinski definition) is 0. The maximum absolute atomic E-state index is 6.77. The van der Waals surface area contributed by atoms with Crippen molar-refractivity contribution >= 4 is 49.9 Å². The molecule has 1 unspecified atom stereocenters. The van der Waals surface area contributed by atoms with Gasteiger partial charge in [-0.15, -0.1) is 11.6 Å². The van der Waals surface area contributed by atoms with Crippen LogP contribution >= 0.6 is 39.1 Å². The second-order valence-electron chi connectivity index (χ2n) is 5.02. The van der Waals surface area contributed by atoms with Gasteiger partial charge in [0.15, 0.2) is 0 Å². The van der Waals surface area contributed by atoms with Crippen molar-refractivity contribution in [1.82, 2.24) is 0 Å². The lowest BCUT2D eigenvalue weighted by molar-refractivity contribution is 1.13. The van der Waals surface area contributed by atoms with Crippen LogP contribution in [0.5, 0.6) is 0 Å². The van der Waals surface area contributed by atoms with Crippen molar-refractivity contribution in [3.05, 3.63) is 80.8 Å². The van der Waals surface area contributed by atoms with Gasteiger partial charge >= 0.3 is 0 Å². The van der Waals surface area contributed by atoms with Crippen LogP contribution in [0.1, 0.15) is 22.1 Å². The number of rotatable bonds is 2. The minimum atomic E-state index is -0.221. The normalized spacial score (nSPS) is 12.6. The lowest BCUT2D eigenvalue weighted by atomic mass is 9.97. The van der Waals surface area contributed by atoms with Crippen molar-refractivity contribution in [2.45, 2.75) is 12.3 Å². The molecule has 0 aliphatic heterocycles. The van der Waals surface area contributed by atoms with Crippen molar-refractivity contribution in [2.24, 2.45) is 0 Å². The third-order valence-corrected chi connectivity index (χ3v) is 5.56. The van der Waals surface area contributed by atoms with E-state index in [2.05, 4.69) is 41.1 Å². The quantitative estimate of drug-likeness (QED) is 0.425. The van der Waals surface area contributed by atoms with Gasteiger partial charge in [0.05, 0.1) is 5.38 Å². The summed E-state index contributed by atoms with van der Waals surface area (Å²) in [5.41, 5.74) is 3.32. The summed E-state index contributed by atoms with van der Waals surface area (Å²) < 4.78 is 1.06. The molecule has 0 heterocycles. The Hall–Kier alpha value is -1.02. The summed E-state index contributed by atoms with van der Waals surface area (Å²) in [6, 6.07) is 18.2. The first-order valence-electron chi connectivity index (χ1n) is 6.66. The topological polar surface area (TPSA) is 0 Å². The van der Waals surface area contributed by atoms with Crippen molar-refractivity contribution < 1.29 is 0 Å². The van der Waals surface area contributed by atoms with Crippen LogP contribution in [0.15, 0.2) is 59.1 Å². The minimum absolute atomic E-state index is 0.221. The lowest BCUT2D eigenvalue weighted by Gasteiger charge is -2.16. The van der Waals surface area contributed by atoms with E-state index < -0.39 is 0 Å². The van der Waals surface area contributed by atoms with Gasteiger partial charge in [0.1, 0.15) is 0 Å². The molecule has 3 heteroatoms. The van der Waals surface area contributed by atoms with E-state index >= 15 is 0 Å². The molecule has 0 aromatic heterocycles. The molecular weight excluding hydrogens is 367 g/mol. The third-order valence-electron chi connectivity index (χ3n) is 3.67. The highest BCUT2D eigenvalue weighted by atomic mass is 79.9. The standard InChI is InChI=1S/C18H13BrCl2/c1-11-5-4-8-15(17(11)19)18(21)14-9-10-16(20)13-7-3-2-6-12(13)14/h2-10,18H,1H3. The Balaban J connectivity index is 2.21. The number of fused-ring (bicyclic) bond motifs is 1. The molecule has 0 saturated carbocycles. The van der Waals surface area contributed by atoms with Gasteiger partial charge in [-0.2, -0.15) is 0 Å². The molecule has 0 aliphatic carbocycles. The summed E-state index contributed by atoms with van der Waals surface area (Å²) in [6.45, 7) is 2.07. The zero-order chi connectivity index (χ0) is 15.0. The van der Waals surface area contributed by atoms with E-state index in [1.165, 1.54) is 5.56 Å². The van der Waals surface area contributed by atoms with Crippen molar-refractivity contribution in [3.8, 4) is 0 Å². The van der Waals surface area contributed by atoms with Gasteiger partial charge in [-0.05, 0) is 35.1 Å². The summed E-state index contributed by atoms with van der Waals surface area (Å²) in [5, 5.41) is 2.66. The fraction of sp³-hybridized carbons (Fsp3) is 0.111. The summed E-state index contributed by atoms with van der Waals surface area (Å²) in [5.74, 6) is 0. The van der Waals surface area contributed by atoms with E-state index in [4.69, 9.17) is 23.2 Å². The third kappa shape index (κ3) is 2.70. The monoisotopic (exact) mass is 378 g/mol. The van der Waals surface area contributed by atoms with E-state index in [9.17, 15) is 0 Å². The largest absolute Gasteiger partial charge is 0.113 e. The Labute approximate surface area is 142 Å². The molecular formula is C18H13BrCl2. The number of benzene rings is 3. The zero-order valence-electron chi connectivity index (χ0n) is 11.4. The Morgan fingerprint density at radius 2 is 1.57 bits per heavy atom. The van der Waals surface area contributed by atoms with E-state index in [0.29, 0.717) is 0 Å². The van der Waals surface area contributed by atoms with Gasteiger partial charge in [-0.25, -0.2) is 0 Å². The molecule has 0 N–H and O–H groups in total. The highest BCUT2D eigenvalue weighted by molar-refractivity contribution is 9.10. The van der Waals surface area contributed by atoms with Crippen LogP contribution in [-0.2, 0) is 0 Å². The molecule has 0 bridgehead atoms. The van der Waals surface area contributed by atoms with Crippen molar-refractivity contribution in [1.29, 1.82) is 0 Å². The fourth-order valence-electron chi connectivity index (χ4n) is 2.54. The molecule has 0 fully saturated rings. The Morgan fingerprint density at radius 3 is 2.33 bits per heavy atom. The highest BCUT2D eigenvalue weighted by Gasteiger charge is 2.17. The Morgan fingerprint density at radius 1 is 0.857 bits per heavy atom. The minimum Gasteiger partial charge on any atom is -0.113 e. The van der Waals surface area contributed by atoms with Gasteiger partial charge in [0.25, 0.3) is 0 Å². The zero-order valence-corrected chi connectivity index (χ0v) is 14.5. The van der Waals surface area contributed by atoms with E-state index in [1.807, 2.05) is 36.4 Å². The van der Waals surface area contributed by atoms with Crippen LogP contribution in [0.4, 0.5) is 0 Å². The molecule has 0 spiro atoms. The molecule has 0 saturated heterocycles. The number of hydrogen-bond donors (Lipinski definition) is 0. The first-order valence-corrected chi connectivity index (χ1v) is 8.26. The van der Waals surface area contributed by atoms with Crippen LogP contribution in [0, 0.1) is 6.92 Å². The van der Waals surface area contributed by atoms with Gasteiger partial charge in [-0.1, -0.05) is 76.1 Å². The van der Waals surface area contributed by atoms with Crippen LogP contribution < -0.4 is 0 Å². The molecule has 3 aromatic rings. The molecule has 3 rings (SSSR count). The predicted molar refractivity (Wildman–Crippen MR) is 95.5 cm³/mol. The SMILES string of the molecule is Cc1cccc(C(Cl)c2ccc(Cl)c3ccccc23)c1Br. The highest BCUT2D eigenvalue weighted by Crippen LogP contribution is 2.39. The van der Waals surface area contributed by atoms with Gasteiger partial charge in [0, 0.05) is 14.9 Å². The van der Waals surface area contributed by atoms with Crippen molar-refractivity contribution in [2.75, 3.05) is 0 Å². The maximum Gasteiger partial charge on any atom is 0.0852 e. The van der Waals surface area contributed by atoms with Crippen LogP contribution in [0.2, 0.25) is 5.02 Å². The molecule has 0 aliphatic rings. The summed E-state index contributed by atoms with van der Waals surface area (Å²) in [7, 11) is 0. The van der Waals surface area contributed by atoms with E-state index in [0.717, 1.165) is 31.4 Å². The summed E-state index contributed by atoms with van der Waals surface area (Å²) in [4.78, 5) is 0. The average Bonchev–Trinajstić information content (AvgIpc) is 2.50. The molecule has 0 nitrogen and oxygen atoms in total. The van der Waals surface area contributed by atoms with E-state index in [1.54, 1.807) is 0 Å². The number of halogens is 3. The fourth-order valence-corrected chi connectivity index (χ4v) is 3.76. The van der Waals surface area contributed by atoms with Crippen LogP contribution in [0.3, 0.4) is 0 Å². The maximum atomic E-state index is 6.77. The summed E-state index contributed by atoms with van der Waals surface area (Å²) >= 11 is 16.7. The molecule has 106 valence electrons. The Kier molecular flexibility index (Phi) is 4.26. The summed E-state index contributed by atoms with van der Waals surface area (Å²) in [6.07, 6.45) is 0. The number of aryl methyl sites for hydroxylation is 1. The number of alkyl halides is 1. The van der Waals surface area contributed by atoms with Gasteiger partial charge in [-0.3, -0.25) is 0 Å². The second-order valence-corrected chi connectivity index (χ2v) is 6.66. The molecule has 0 amide bonds. The first-order chi connectivity index (χ1) is 10.1. The molecule has 3 aromatic carbocycles. The van der Waals surface area contributed by atoms with Crippen molar-refractivity contribution in [3.63, 3.8) is 0 Å². The smallest absolute Gasteiger partial charge is 0.0852 e. The predicted octanol–water partition coefficient (Wildman–Crippen LogP) is 6.89. The van der Waals surface area contributed by atoms with Crippen LogP contribution in [-0.4, -0.2) is 0 Å². The lowest BCUT2D eigenvalue weighted by Crippen LogP contribution is -1.97.